The Balaban J connectivity index is 2.12. The Hall–Kier alpha value is -2.08. The minimum absolute atomic E-state index is 0.271. The van der Waals surface area contributed by atoms with E-state index in [1.165, 1.54) is 11.3 Å². The van der Waals surface area contributed by atoms with Crippen LogP contribution in [0.25, 0.3) is 10.1 Å². The largest absolute Gasteiger partial charge is 0.478 e. The lowest BCUT2D eigenvalue weighted by Crippen LogP contribution is -2.31. The van der Waals surface area contributed by atoms with Crippen molar-refractivity contribution >= 4 is 33.5 Å². The first-order valence-corrected chi connectivity index (χ1v) is 7.29. The van der Waals surface area contributed by atoms with Crippen molar-refractivity contribution in [3.8, 4) is 0 Å². The van der Waals surface area contributed by atoms with E-state index in [1.54, 1.807) is 39.0 Å². The number of hydrogen-bond donors (Lipinski definition) is 2. The number of nitrogens with one attached hydrogen (secondary N) is 1. The summed E-state index contributed by atoms with van der Waals surface area (Å²) in [6.45, 7) is 5.70. The number of aromatic carboxylic acids is 1. The number of amides is 1. The van der Waals surface area contributed by atoms with E-state index >= 15 is 0 Å². The highest BCUT2D eigenvalue weighted by Crippen LogP contribution is 2.28. The van der Waals surface area contributed by atoms with Crippen LogP contribution in [0.2, 0.25) is 0 Å². The molecule has 0 saturated heterocycles. The van der Waals surface area contributed by atoms with Crippen LogP contribution in [0.5, 0.6) is 0 Å². The minimum Gasteiger partial charge on any atom is -0.478 e. The Morgan fingerprint density at radius 1 is 1.33 bits per heavy atom. The number of carbonyl (C=O) groups is 2. The molecule has 0 saturated carbocycles. The predicted octanol–water partition coefficient (Wildman–Crippen LogP) is 3.62. The lowest BCUT2D eigenvalue weighted by atomic mass is 10.1. The molecule has 5 nitrogen and oxygen atoms in total. The van der Waals surface area contributed by atoms with Crippen LogP contribution in [0, 0.1) is 0 Å². The summed E-state index contributed by atoms with van der Waals surface area (Å²) in [5.41, 5.74) is -0.270. The number of benzene rings is 1. The van der Waals surface area contributed by atoms with Gasteiger partial charge in [0.2, 0.25) is 0 Å². The first-order chi connectivity index (χ1) is 9.76. The molecule has 1 aromatic heterocycles. The van der Waals surface area contributed by atoms with Gasteiger partial charge >= 0.3 is 12.1 Å². The van der Waals surface area contributed by atoms with Crippen molar-refractivity contribution in [2.45, 2.75) is 32.9 Å². The third-order valence-electron chi connectivity index (χ3n) is 2.65. The quantitative estimate of drug-likeness (QED) is 0.908. The van der Waals surface area contributed by atoms with Gasteiger partial charge in [0.25, 0.3) is 0 Å². The van der Waals surface area contributed by atoms with E-state index in [1.807, 2.05) is 6.07 Å². The second-order valence-corrected chi connectivity index (χ2v) is 6.76. The Kier molecular flexibility index (Phi) is 4.18. The zero-order chi connectivity index (χ0) is 15.6. The SMILES string of the molecule is CC(C)(C)OC(=O)NCc1cc2c(C(=O)O)cccc2s1. The van der Waals surface area contributed by atoms with Gasteiger partial charge in [0.05, 0.1) is 12.1 Å². The van der Waals surface area contributed by atoms with Crippen LogP contribution in [0.15, 0.2) is 24.3 Å². The molecule has 2 N–H and O–H groups in total. The van der Waals surface area contributed by atoms with E-state index in [-0.39, 0.29) is 5.56 Å². The topological polar surface area (TPSA) is 75.6 Å². The molecule has 6 heteroatoms. The fraction of sp³-hybridized carbons (Fsp3) is 0.333. The van der Waals surface area contributed by atoms with E-state index in [9.17, 15) is 9.59 Å². The van der Waals surface area contributed by atoms with Gasteiger partial charge < -0.3 is 15.2 Å². The highest BCUT2D eigenvalue weighted by molar-refractivity contribution is 7.19. The third-order valence-corrected chi connectivity index (χ3v) is 3.75. The van der Waals surface area contributed by atoms with Gasteiger partial charge in [-0.3, -0.25) is 0 Å². The molecule has 0 aliphatic heterocycles. The zero-order valence-corrected chi connectivity index (χ0v) is 12.9. The second-order valence-electron chi connectivity index (χ2n) is 5.59. The molecule has 1 heterocycles. The molecule has 0 bridgehead atoms. The van der Waals surface area contributed by atoms with Gasteiger partial charge in [0.1, 0.15) is 5.60 Å². The van der Waals surface area contributed by atoms with Crippen LogP contribution in [0.3, 0.4) is 0 Å². The molecule has 21 heavy (non-hydrogen) atoms. The average Bonchev–Trinajstić information content (AvgIpc) is 2.76. The number of fused-ring (bicyclic) bond motifs is 1. The highest BCUT2D eigenvalue weighted by Gasteiger charge is 2.16. The van der Waals surface area contributed by atoms with Crippen molar-refractivity contribution in [3.05, 3.63) is 34.7 Å². The van der Waals surface area contributed by atoms with E-state index in [0.717, 1.165) is 9.58 Å². The molecular weight excluding hydrogens is 290 g/mol. The van der Waals surface area contributed by atoms with Crippen LogP contribution < -0.4 is 5.32 Å². The normalized spacial score (nSPS) is 11.4. The molecule has 2 aromatic rings. The summed E-state index contributed by atoms with van der Waals surface area (Å²) in [6.07, 6.45) is -0.488. The number of hydrogen-bond acceptors (Lipinski definition) is 4. The first-order valence-electron chi connectivity index (χ1n) is 6.48. The van der Waals surface area contributed by atoms with Gasteiger partial charge in [-0.15, -0.1) is 11.3 Å². The Labute approximate surface area is 126 Å². The number of carbonyl (C=O) groups excluding carboxylic acids is 1. The molecule has 0 radical (unpaired) electrons. The Bertz CT molecular complexity index is 685. The summed E-state index contributed by atoms with van der Waals surface area (Å²) in [6, 6.07) is 6.94. The fourth-order valence-corrected chi connectivity index (χ4v) is 2.89. The van der Waals surface area contributed by atoms with E-state index < -0.39 is 17.7 Å². The van der Waals surface area contributed by atoms with Crippen LogP contribution in [-0.2, 0) is 11.3 Å². The molecule has 112 valence electrons. The van der Waals surface area contributed by atoms with Crippen molar-refractivity contribution in [2.75, 3.05) is 0 Å². The maximum Gasteiger partial charge on any atom is 0.407 e. The summed E-state index contributed by atoms with van der Waals surface area (Å²) < 4.78 is 6.04. The van der Waals surface area contributed by atoms with Crippen molar-refractivity contribution in [1.29, 1.82) is 0 Å². The van der Waals surface area contributed by atoms with Crippen LogP contribution in [-0.4, -0.2) is 22.8 Å². The Morgan fingerprint density at radius 2 is 2.05 bits per heavy atom. The number of carboxylic acid groups (broad SMARTS) is 1. The molecule has 0 unspecified atom stereocenters. The fourth-order valence-electron chi connectivity index (χ4n) is 1.86. The predicted molar refractivity (Wildman–Crippen MR) is 81.9 cm³/mol. The molecule has 0 aliphatic rings. The highest BCUT2D eigenvalue weighted by atomic mass is 32.1. The van der Waals surface area contributed by atoms with Gasteiger partial charge in [-0.05, 0) is 39.0 Å². The maximum absolute atomic E-state index is 11.6. The lowest BCUT2D eigenvalue weighted by molar-refractivity contribution is 0.0523. The monoisotopic (exact) mass is 307 g/mol. The second kappa shape index (κ2) is 5.73. The van der Waals surface area contributed by atoms with Crippen LogP contribution in [0.1, 0.15) is 36.0 Å². The molecule has 2 rings (SSSR count). The standard InChI is InChI=1S/C15H17NO4S/c1-15(2,3)20-14(19)16-8-9-7-11-10(13(17)18)5-4-6-12(11)21-9/h4-7H,8H2,1-3H3,(H,16,19)(H,17,18). The summed E-state index contributed by atoms with van der Waals surface area (Å²) >= 11 is 1.46. The number of thiophene rings is 1. The van der Waals surface area contributed by atoms with Crippen molar-refractivity contribution in [1.82, 2.24) is 5.32 Å². The lowest BCUT2D eigenvalue weighted by Gasteiger charge is -2.19. The number of carboxylic acids is 1. The maximum atomic E-state index is 11.6. The van der Waals surface area contributed by atoms with E-state index in [2.05, 4.69) is 5.32 Å². The van der Waals surface area contributed by atoms with Crippen LogP contribution in [0.4, 0.5) is 4.79 Å². The summed E-state index contributed by atoms with van der Waals surface area (Å²) in [7, 11) is 0. The molecule has 1 aromatic carbocycles. The summed E-state index contributed by atoms with van der Waals surface area (Å²) in [4.78, 5) is 23.6. The zero-order valence-electron chi connectivity index (χ0n) is 12.1. The van der Waals surface area contributed by atoms with Crippen molar-refractivity contribution < 1.29 is 19.4 Å². The third kappa shape index (κ3) is 3.95. The molecule has 0 aliphatic carbocycles. The molecule has 0 spiro atoms. The minimum atomic E-state index is -0.954. The van der Waals surface area contributed by atoms with Gasteiger partial charge in [0.15, 0.2) is 0 Å². The number of alkyl carbamates (subject to hydrolysis) is 1. The van der Waals surface area contributed by atoms with Crippen molar-refractivity contribution in [3.63, 3.8) is 0 Å². The molecular formula is C15H17NO4S. The van der Waals surface area contributed by atoms with Gasteiger partial charge in [0, 0.05) is 15.0 Å². The summed E-state index contributed by atoms with van der Waals surface area (Å²) in [5.74, 6) is -0.954. The average molecular weight is 307 g/mol. The molecule has 0 atom stereocenters. The first kappa shape index (κ1) is 15.3. The molecule has 1 amide bonds. The van der Waals surface area contributed by atoms with Gasteiger partial charge in [-0.1, -0.05) is 6.07 Å². The van der Waals surface area contributed by atoms with Crippen LogP contribution >= 0.6 is 11.3 Å². The van der Waals surface area contributed by atoms with E-state index in [4.69, 9.17) is 9.84 Å². The van der Waals surface area contributed by atoms with Gasteiger partial charge in [-0.2, -0.15) is 0 Å². The number of ether oxygens (including phenoxy) is 1. The van der Waals surface area contributed by atoms with E-state index in [0.29, 0.717) is 11.9 Å². The molecule has 0 fully saturated rings. The number of rotatable bonds is 3. The van der Waals surface area contributed by atoms with Gasteiger partial charge in [-0.25, -0.2) is 9.59 Å². The smallest absolute Gasteiger partial charge is 0.407 e. The summed E-state index contributed by atoms with van der Waals surface area (Å²) in [5, 5.41) is 12.5. The van der Waals surface area contributed by atoms with Crippen molar-refractivity contribution in [2.24, 2.45) is 0 Å². The Morgan fingerprint density at radius 3 is 2.67 bits per heavy atom.